The smallest absolute Gasteiger partial charge is 0.238 e. The Morgan fingerprint density at radius 2 is 1.87 bits per heavy atom. The lowest BCUT2D eigenvalue weighted by molar-refractivity contribution is -0.116. The molecule has 0 bridgehead atoms. The van der Waals surface area contributed by atoms with Gasteiger partial charge in [-0.05, 0) is 57.3 Å². The third-order valence-electron chi connectivity index (χ3n) is 4.33. The molecule has 1 amide bonds. The lowest BCUT2D eigenvalue weighted by Gasteiger charge is -2.19. The predicted molar refractivity (Wildman–Crippen MR) is 139 cm³/mol. The minimum absolute atomic E-state index is 0. The molecule has 2 rings (SSSR count). The number of rotatable bonds is 9. The van der Waals surface area contributed by atoms with E-state index in [0.29, 0.717) is 25.6 Å². The highest BCUT2D eigenvalue weighted by Crippen LogP contribution is 2.17. The van der Waals surface area contributed by atoms with Crippen molar-refractivity contribution < 1.29 is 9.53 Å². The Hall–Kier alpha value is -2.33. The fourth-order valence-corrected chi connectivity index (χ4v) is 2.84. The molecule has 0 aromatic heterocycles. The van der Waals surface area contributed by atoms with Crippen LogP contribution in [0, 0.1) is 6.92 Å². The fraction of sp³-hybridized carbons (Fsp3) is 0.391. The number of benzene rings is 2. The SMILES string of the molecule is CN=C(NCc1cccc(NC(=O)CN(C)C)c1)NCC(C)Oc1ccccc1C.I. The van der Waals surface area contributed by atoms with Crippen LogP contribution in [0.25, 0.3) is 0 Å². The number of halogens is 1. The molecule has 0 fully saturated rings. The third kappa shape index (κ3) is 10.0. The van der Waals surface area contributed by atoms with E-state index >= 15 is 0 Å². The molecule has 7 nitrogen and oxygen atoms in total. The molecule has 0 saturated heterocycles. The summed E-state index contributed by atoms with van der Waals surface area (Å²) < 4.78 is 5.99. The molecule has 1 atom stereocenters. The molecule has 2 aromatic rings. The summed E-state index contributed by atoms with van der Waals surface area (Å²) in [4.78, 5) is 18.0. The summed E-state index contributed by atoms with van der Waals surface area (Å²) in [6.45, 7) is 5.61. The summed E-state index contributed by atoms with van der Waals surface area (Å²) in [6.07, 6.45) is -0.0140. The van der Waals surface area contributed by atoms with E-state index in [1.165, 1.54) is 0 Å². The van der Waals surface area contributed by atoms with Crippen LogP contribution in [-0.2, 0) is 11.3 Å². The zero-order chi connectivity index (χ0) is 21.9. The second kappa shape index (κ2) is 13.9. The largest absolute Gasteiger partial charge is 0.489 e. The minimum Gasteiger partial charge on any atom is -0.489 e. The van der Waals surface area contributed by atoms with Gasteiger partial charge in [0, 0.05) is 19.3 Å². The molecule has 31 heavy (non-hydrogen) atoms. The van der Waals surface area contributed by atoms with Crippen LogP contribution < -0.4 is 20.7 Å². The van der Waals surface area contributed by atoms with Crippen molar-refractivity contribution in [2.45, 2.75) is 26.5 Å². The predicted octanol–water partition coefficient (Wildman–Crippen LogP) is 3.25. The van der Waals surface area contributed by atoms with Crippen molar-refractivity contribution in [2.24, 2.45) is 4.99 Å². The first kappa shape index (κ1) is 26.7. The Labute approximate surface area is 202 Å². The van der Waals surface area contributed by atoms with E-state index in [0.717, 1.165) is 22.6 Å². The summed E-state index contributed by atoms with van der Waals surface area (Å²) in [6, 6.07) is 15.8. The Balaban J connectivity index is 0.00000480. The highest BCUT2D eigenvalue weighted by Gasteiger charge is 2.08. The van der Waals surface area contributed by atoms with Gasteiger partial charge in [0.2, 0.25) is 5.91 Å². The van der Waals surface area contributed by atoms with E-state index in [1.807, 2.05) is 81.4 Å². The molecule has 0 spiro atoms. The van der Waals surface area contributed by atoms with Gasteiger partial charge in [-0.3, -0.25) is 9.79 Å². The summed E-state index contributed by atoms with van der Waals surface area (Å²) in [5.41, 5.74) is 2.94. The van der Waals surface area contributed by atoms with Crippen molar-refractivity contribution in [2.75, 3.05) is 39.5 Å². The molecule has 8 heteroatoms. The van der Waals surface area contributed by atoms with Gasteiger partial charge in [-0.25, -0.2) is 0 Å². The number of hydrogen-bond acceptors (Lipinski definition) is 4. The average Bonchev–Trinajstić information content (AvgIpc) is 2.69. The van der Waals surface area contributed by atoms with Crippen molar-refractivity contribution in [3.05, 3.63) is 59.7 Å². The number of likely N-dealkylation sites (N-methyl/N-ethyl adjacent to an activating group) is 1. The van der Waals surface area contributed by atoms with Gasteiger partial charge in [-0.1, -0.05) is 30.3 Å². The zero-order valence-electron chi connectivity index (χ0n) is 18.9. The van der Waals surface area contributed by atoms with Crippen LogP contribution in [0.2, 0.25) is 0 Å². The van der Waals surface area contributed by atoms with Crippen LogP contribution in [0.5, 0.6) is 5.75 Å². The van der Waals surface area contributed by atoms with E-state index in [2.05, 4.69) is 20.9 Å². The van der Waals surface area contributed by atoms with Gasteiger partial charge in [-0.15, -0.1) is 24.0 Å². The van der Waals surface area contributed by atoms with Crippen LogP contribution in [-0.4, -0.2) is 57.1 Å². The quantitative estimate of drug-likeness (QED) is 0.259. The summed E-state index contributed by atoms with van der Waals surface area (Å²) in [7, 11) is 5.47. The number of nitrogens with one attached hydrogen (secondary N) is 3. The summed E-state index contributed by atoms with van der Waals surface area (Å²) >= 11 is 0. The minimum atomic E-state index is -0.0368. The number of para-hydroxylation sites is 1. The Morgan fingerprint density at radius 1 is 1.13 bits per heavy atom. The number of ether oxygens (including phenoxy) is 1. The number of nitrogens with zero attached hydrogens (tertiary/aromatic N) is 2. The van der Waals surface area contributed by atoms with Gasteiger partial charge < -0.3 is 25.6 Å². The molecule has 0 radical (unpaired) electrons. The lowest BCUT2D eigenvalue weighted by Crippen LogP contribution is -2.41. The molecule has 0 saturated carbocycles. The normalized spacial score (nSPS) is 12.0. The maximum atomic E-state index is 11.9. The first-order valence-electron chi connectivity index (χ1n) is 10.1. The van der Waals surface area contributed by atoms with Crippen LogP contribution in [0.1, 0.15) is 18.1 Å². The number of anilines is 1. The number of hydrogen-bond donors (Lipinski definition) is 3. The van der Waals surface area contributed by atoms with Gasteiger partial charge in [0.1, 0.15) is 11.9 Å². The van der Waals surface area contributed by atoms with E-state index in [1.54, 1.807) is 7.05 Å². The van der Waals surface area contributed by atoms with E-state index in [9.17, 15) is 4.79 Å². The van der Waals surface area contributed by atoms with E-state index < -0.39 is 0 Å². The molecular formula is C23H34IN5O2. The van der Waals surface area contributed by atoms with Crippen LogP contribution in [0.3, 0.4) is 0 Å². The number of carbonyl (C=O) groups is 1. The highest BCUT2D eigenvalue weighted by atomic mass is 127. The Kier molecular flexibility index (Phi) is 11.9. The summed E-state index contributed by atoms with van der Waals surface area (Å²) in [5, 5.41) is 9.49. The zero-order valence-corrected chi connectivity index (χ0v) is 21.3. The second-order valence-electron chi connectivity index (χ2n) is 7.49. The second-order valence-corrected chi connectivity index (χ2v) is 7.49. The molecule has 0 heterocycles. The maximum absolute atomic E-state index is 11.9. The molecule has 1 unspecified atom stereocenters. The standard InChI is InChI=1S/C23H33N5O2.HI/c1-17-9-6-7-12-21(17)30-18(2)14-25-23(24-3)26-15-19-10-8-11-20(13-19)27-22(29)16-28(4)5;/h6-13,18H,14-16H2,1-5H3,(H,27,29)(H2,24,25,26);1H. The molecular weight excluding hydrogens is 505 g/mol. The highest BCUT2D eigenvalue weighted by molar-refractivity contribution is 14.0. The monoisotopic (exact) mass is 539 g/mol. The number of aliphatic imine (C=N–C) groups is 1. The van der Waals surface area contributed by atoms with Crippen molar-refractivity contribution in [1.82, 2.24) is 15.5 Å². The number of carbonyl (C=O) groups excluding carboxylic acids is 1. The van der Waals surface area contributed by atoms with Gasteiger partial charge >= 0.3 is 0 Å². The number of guanidine groups is 1. The average molecular weight is 539 g/mol. The van der Waals surface area contributed by atoms with Crippen LogP contribution in [0.15, 0.2) is 53.5 Å². The van der Waals surface area contributed by atoms with E-state index in [4.69, 9.17) is 4.74 Å². The first-order valence-corrected chi connectivity index (χ1v) is 10.1. The van der Waals surface area contributed by atoms with Crippen molar-refractivity contribution in [3.63, 3.8) is 0 Å². The molecule has 0 aliphatic heterocycles. The summed E-state index contributed by atoms with van der Waals surface area (Å²) in [5.74, 6) is 1.55. The first-order chi connectivity index (χ1) is 14.4. The molecule has 0 aliphatic carbocycles. The Morgan fingerprint density at radius 3 is 2.55 bits per heavy atom. The van der Waals surface area contributed by atoms with Crippen LogP contribution >= 0.6 is 24.0 Å². The van der Waals surface area contributed by atoms with Crippen molar-refractivity contribution >= 4 is 41.5 Å². The van der Waals surface area contributed by atoms with Crippen molar-refractivity contribution in [3.8, 4) is 5.75 Å². The third-order valence-corrected chi connectivity index (χ3v) is 4.33. The van der Waals surface area contributed by atoms with Gasteiger partial charge in [0.15, 0.2) is 5.96 Å². The van der Waals surface area contributed by atoms with Gasteiger partial charge in [-0.2, -0.15) is 0 Å². The molecule has 2 aromatic carbocycles. The fourth-order valence-electron chi connectivity index (χ4n) is 2.84. The van der Waals surface area contributed by atoms with Gasteiger partial charge in [0.25, 0.3) is 0 Å². The number of aryl methyl sites for hydroxylation is 1. The molecule has 0 aliphatic rings. The van der Waals surface area contributed by atoms with Gasteiger partial charge in [0.05, 0.1) is 13.1 Å². The number of amides is 1. The molecule has 170 valence electrons. The topological polar surface area (TPSA) is 78.0 Å². The molecule has 3 N–H and O–H groups in total. The maximum Gasteiger partial charge on any atom is 0.238 e. The van der Waals surface area contributed by atoms with E-state index in [-0.39, 0.29) is 36.0 Å². The lowest BCUT2D eigenvalue weighted by atomic mass is 10.2. The van der Waals surface area contributed by atoms with Crippen molar-refractivity contribution in [1.29, 1.82) is 0 Å². The van der Waals surface area contributed by atoms with Crippen LogP contribution in [0.4, 0.5) is 5.69 Å². The Bertz CT molecular complexity index is 857.